The first-order valence-electron chi connectivity index (χ1n) is 12.2. The second-order valence-corrected chi connectivity index (χ2v) is 12.3. The van der Waals surface area contributed by atoms with E-state index in [9.17, 15) is 23.8 Å². The lowest BCUT2D eigenvalue weighted by atomic mass is 9.87. The minimum absolute atomic E-state index is 0.0739. The van der Waals surface area contributed by atoms with Crippen molar-refractivity contribution in [2.45, 2.75) is 77.9 Å². The van der Waals surface area contributed by atoms with E-state index >= 15 is 0 Å². The standard InChI is InChI=1S/C25H37N2O7P/c1-5-33-35(31,32)17-25(14-8-9-15-25)23(30)26-19-13-12-18-10-6-7-11-20(18)27(22(19)29)16-21(28)34-24(2,3)4/h6-7,10-11,19H,5,8-9,12-17H2,1-4H3,(H,26,30)(H,31,32)/t19-/m0/s1. The van der Waals surface area contributed by atoms with E-state index in [4.69, 9.17) is 9.26 Å². The molecule has 35 heavy (non-hydrogen) atoms. The molecular formula is C25H37N2O7P. The number of carbonyl (C=O) groups excluding carboxylic acids is 3. The van der Waals surface area contributed by atoms with Crippen LogP contribution in [0.4, 0.5) is 5.69 Å². The van der Waals surface area contributed by atoms with Crippen molar-refractivity contribution in [3.63, 3.8) is 0 Å². The summed E-state index contributed by atoms with van der Waals surface area (Å²) in [5, 5.41) is 2.87. The molecule has 2 aliphatic rings. The number of esters is 1. The van der Waals surface area contributed by atoms with Gasteiger partial charge in [0.1, 0.15) is 18.2 Å². The quantitative estimate of drug-likeness (QED) is 0.407. The zero-order chi connectivity index (χ0) is 25.9. The van der Waals surface area contributed by atoms with Gasteiger partial charge < -0.3 is 19.5 Å². The molecule has 0 spiro atoms. The van der Waals surface area contributed by atoms with E-state index in [0.29, 0.717) is 31.4 Å². The first-order chi connectivity index (χ1) is 16.4. The number of anilines is 1. The molecule has 0 radical (unpaired) electrons. The number of carbonyl (C=O) groups is 3. The maximum absolute atomic E-state index is 13.6. The molecule has 0 bridgehead atoms. The van der Waals surface area contributed by atoms with Crippen LogP contribution in [0.3, 0.4) is 0 Å². The second kappa shape index (κ2) is 10.8. The Kier molecular flexibility index (Phi) is 8.45. The van der Waals surface area contributed by atoms with Crippen molar-refractivity contribution in [2.75, 3.05) is 24.2 Å². The molecule has 1 aliphatic heterocycles. The van der Waals surface area contributed by atoms with Crippen LogP contribution in [-0.4, -0.2) is 53.6 Å². The van der Waals surface area contributed by atoms with E-state index < -0.39 is 42.4 Å². The topological polar surface area (TPSA) is 122 Å². The van der Waals surface area contributed by atoms with E-state index in [0.717, 1.165) is 18.4 Å². The molecule has 2 amide bonds. The predicted octanol–water partition coefficient (Wildman–Crippen LogP) is 3.57. The number of para-hydroxylation sites is 1. The van der Waals surface area contributed by atoms with Gasteiger partial charge in [-0.3, -0.25) is 23.8 Å². The highest BCUT2D eigenvalue weighted by Crippen LogP contribution is 2.53. The van der Waals surface area contributed by atoms with Gasteiger partial charge in [0.2, 0.25) is 11.8 Å². The van der Waals surface area contributed by atoms with Crippen molar-refractivity contribution in [1.29, 1.82) is 0 Å². The monoisotopic (exact) mass is 508 g/mol. The number of nitrogens with zero attached hydrogens (tertiary/aromatic N) is 1. The van der Waals surface area contributed by atoms with Gasteiger partial charge >= 0.3 is 13.6 Å². The highest BCUT2D eigenvalue weighted by Gasteiger charge is 2.48. The van der Waals surface area contributed by atoms with Gasteiger partial charge in [0, 0.05) is 5.69 Å². The Morgan fingerprint density at radius 2 is 1.89 bits per heavy atom. The fourth-order valence-electron chi connectivity index (χ4n) is 4.97. The molecule has 1 unspecified atom stereocenters. The highest BCUT2D eigenvalue weighted by molar-refractivity contribution is 7.52. The van der Waals surface area contributed by atoms with Gasteiger partial charge in [-0.15, -0.1) is 0 Å². The van der Waals surface area contributed by atoms with Crippen LogP contribution in [0.5, 0.6) is 0 Å². The number of fused-ring (bicyclic) bond motifs is 1. The zero-order valence-corrected chi connectivity index (χ0v) is 21.9. The number of benzene rings is 1. The fourth-order valence-corrected chi connectivity index (χ4v) is 6.69. The van der Waals surface area contributed by atoms with Gasteiger partial charge in [-0.2, -0.15) is 0 Å². The molecule has 1 saturated carbocycles. The van der Waals surface area contributed by atoms with Crippen molar-refractivity contribution in [3.05, 3.63) is 29.8 Å². The maximum atomic E-state index is 13.6. The molecule has 194 valence electrons. The van der Waals surface area contributed by atoms with E-state index in [2.05, 4.69) is 5.32 Å². The predicted molar refractivity (Wildman–Crippen MR) is 132 cm³/mol. The van der Waals surface area contributed by atoms with Crippen LogP contribution in [-0.2, 0) is 34.6 Å². The van der Waals surface area contributed by atoms with Crippen molar-refractivity contribution >= 4 is 31.1 Å². The lowest BCUT2D eigenvalue weighted by Gasteiger charge is -2.32. The van der Waals surface area contributed by atoms with Gasteiger partial charge in [-0.05, 0) is 65.0 Å². The van der Waals surface area contributed by atoms with Crippen molar-refractivity contribution in [1.82, 2.24) is 5.32 Å². The van der Waals surface area contributed by atoms with E-state index in [1.807, 2.05) is 12.1 Å². The SMILES string of the molecule is CCOP(=O)(O)CC1(C(=O)N[C@H]2CCc3ccccc3N(CC(=O)OC(C)(C)C)C2=O)CCCC1. The minimum atomic E-state index is -3.95. The Labute approximate surface area is 207 Å². The summed E-state index contributed by atoms with van der Waals surface area (Å²) in [7, 11) is -3.95. The molecule has 1 heterocycles. The molecule has 9 nitrogen and oxygen atoms in total. The smallest absolute Gasteiger partial charge is 0.329 e. The molecule has 3 rings (SSSR count). The van der Waals surface area contributed by atoms with Crippen LogP contribution >= 0.6 is 7.60 Å². The van der Waals surface area contributed by atoms with Gasteiger partial charge in [0.05, 0.1) is 18.2 Å². The Bertz CT molecular complexity index is 998. The van der Waals surface area contributed by atoms with Crippen molar-refractivity contribution in [2.24, 2.45) is 5.41 Å². The average Bonchev–Trinajstić information content (AvgIpc) is 3.17. The third-order valence-corrected chi connectivity index (χ3v) is 8.10. The van der Waals surface area contributed by atoms with Crippen molar-refractivity contribution in [3.8, 4) is 0 Å². The molecule has 2 N–H and O–H groups in total. The molecule has 1 aliphatic carbocycles. The molecule has 1 fully saturated rings. The number of hydrogen-bond donors (Lipinski definition) is 2. The van der Waals surface area contributed by atoms with Crippen LogP contribution in [0.15, 0.2) is 24.3 Å². The first kappa shape index (κ1) is 27.4. The largest absolute Gasteiger partial charge is 0.459 e. The van der Waals surface area contributed by atoms with Gasteiger partial charge in [0.15, 0.2) is 0 Å². The normalized spacial score (nSPS) is 21.6. The van der Waals surface area contributed by atoms with Crippen LogP contribution in [0.25, 0.3) is 0 Å². The molecule has 0 aromatic heterocycles. The van der Waals surface area contributed by atoms with Crippen LogP contribution in [0.1, 0.15) is 65.4 Å². The Morgan fingerprint density at radius 1 is 1.23 bits per heavy atom. The van der Waals surface area contributed by atoms with Crippen LogP contribution < -0.4 is 10.2 Å². The minimum Gasteiger partial charge on any atom is -0.459 e. The Balaban J connectivity index is 1.84. The lowest BCUT2D eigenvalue weighted by Crippen LogP contribution is -2.53. The number of rotatable bonds is 8. The summed E-state index contributed by atoms with van der Waals surface area (Å²) in [5.41, 5.74) is -0.249. The summed E-state index contributed by atoms with van der Waals surface area (Å²) in [4.78, 5) is 51.4. The zero-order valence-electron chi connectivity index (χ0n) is 21.0. The van der Waals surface area contributed by atoms with E-state index in [-0.39, 0.29) is 19.3 Å². The fraction of sp³-hybridized carbons (Fsp3) is 0.640. The van der Waals surface area contributed by atoms with E-state index in [1.165, 1.54) is 4.90 Å². The third-order valence-electron chi connectivity index (χ3n) is 6.44. The lowest BCUT2D eigenvalue weighted by molar-refractivity contribution is -0.153. The molecule has 0 saturated heterocycles. The number of hydrogen-bond acceptors (Lipinski definition) is 6. The van der Waals surface area contributed by atoms with Gasteiger partial charge in [-0.1, -0.05) is 31.0 Å². The number of nitrogens with one attached hydrogen (secondary N) is 1. The van der Waals surface area contributed by atoms with Crippen molar-refractivity contribution < 1.29 is 33.1 Å². The molecule has 2 atom stereocenters. The number of ether oxygens (including phenoxy) is 1. The summed E-state index contributed by atoms with van der Waals surface area (Å²) in [6, 6.07) is 6.48. The number of amides is 2. The summed E-state index contributed by atoms with van der Waals surface area (Å²) >= 11 is 0. The average molecular weight is 509 g/mol. The van der Waals surface area contributed by atoms with Gasteiger partial charge in [0.25, 0.3) is 0 Å². The molecule has 1 aromatic rings. The van der Waals surface area contributed by atoms with Crippen LogP contribution in [0.2, 0.25) is 0 Å². The summed E-state index contributed by atoms with van der Waals surface area (Å²) in [6.45, 7) is 6.70. The molecule has 1 aromatic carbocycles. The van der Waals surface area contributed by atoms with Gasteiger partial charge in [-0.25, -0.2) is 0 Å². The van der Waals surface area contributed by atoms with E-state index in [1.54, 1.807) is 39.8 Å². The second-order valence-electron chi connectivity index (χ2n) is 10.4. The molecular weight excluding hydrogens is 471 g/mol. The summed E-state index contributed by atoms with van der Waals surface area (Å²) in [5.74, 6) is -1.36. The van der Waals surface area contributed by atoms with Crippen LogP contribution in [0, 0.1) is 5.41 Å². The Hall–Kier alpha value is -2.22. The summed E-state index contributed by atoms with van der Waals surface area (Å²) in [6.07, 6.45) is 3.04. The number of aryl methyl sites for hydroxylation is 1. The third kappa shape index (κ3) is 6.93. The first-order valence-corrected chi connectivity index (χ1v) is 14.0. The Morgan fingerprint density at radius 3 is 2.51 bits per heavy atom. The molecule has 10 heteroatoms. The highest BCUT2D eigenvalue weighted by atomic mass is 31.2. The summed E-state index contributed by atoms with van der Waals surface area (Å²) < 4.78 is 23.0. The maximum Gasteiger partial charge on any atom is 0.329 e.